The second kappa shape index (κ2) is 9.03. The van der Waals surface area contributed by atoms with Gasteiger partial charge in [0, 0.05) is 22.7 Å². The van der Waals surface area contributed by atoms with Gasteiger partial charge in [-0.05, 0) is 40.8 Å². The summed E-state index contributed by atoms with van der Waals surface area (Å²) in [5.41, 5.74) is 1.67. The van der Waals surface area contributed by atoms with Crippen LogP contribution in [-0.4, -0.2) is 43.7 Å². The zero-order valence-electron chi connectivity index (χ0n) is 21.9. The number of fused-ring (bicyclic) bond motifs is 5. The number of ketones is 3. The first-order valence-electron chi connectivity index (χ1n) is 13.1. The van der Waals surface area contributed by atoms with E-state index in [0.717, 1.165) is 11.3 Å². The highest BCUT2D eigenvalue weighted by atomic mass is 32.1. The lowest BCUT2D eigenvalue weighted by Gasteiger charge is -2.37. The Morgan fingerprint density at radius 2 is 1.55 bits per heavy atom. The molecule has 0 unspecified atom stereocenters. The van der Waals surface area contributed by atoms with Crippen LogP contribution in [0.5, 0.6) is 11.5 Å². The van der Waals surface area contributed by atoms with Gasteiger partial charge in [0.2, 0.25) is 0 Å². The van der Waals surface area contributed by atoms with Crippen molar-refractivity contribution in [1.82, 2.24) is 0 Å². The SMILES string of the molecule is COc1ccc([C@@H]2[C@H](C(=O)c3cccs3)N3c4ccccc4C=C[C@H]3C23C(=O)c2ccccc2C3=O)cc1OC. The van der Waals surface area contributed by atoms with Crippen LogP contribution in [-0.2, 0) is 0 Å². The first-order valence-corrected chi connectivity index (χ1v) is 13.9. The Kier molecular flexibility index (Phi) is 5.54. The van der Waals surface area contributed by atoms with Crippen molar-refractivity contribution in [1.29, 1.82) is 0 Å². The molecule has 0 radical (unpaired) electrons. The van der Waals surface area contributed by atoms with E-state index in [9.17, 15) is 14.4 Å². The molecule has 1 aliphatic carbocycles. The number of nitrogens with zero attached hydrogens (tertiary/aromatic N) is 1. The minimum absolute atomic E-state index is 0.127. The summed E-state index contributed by atoms with van der Waals surface area (Å²) in [6, 6.07) is 22.4. The van der Waals surface area contributed by atoms with Gasteiger partial charge in [0.25, 0.3) is 0 Å². The molecule has 1 spiro atoms. The Morgan fingerprint density at radius 3 is 2.23 bits per heavy atom. The van der Waals surface area contributed by atoms with Crippen LogP contribution in [0.15, 0.2) is 90.3 Å². The van der Waals surface area contributed by atoms with Gasteiger partial charge in [-0.2, -0.15) is 0 Å². The van der Waals surface area contributed by atoms with E-state index < -0.39 is 23.4 Å². The minimum atomic E-state index is -1.55. The molecule has 1 aromatic heterocycles. The Bertz CT molecular complexity index is 1690. The molecular formula is C33H25NO5S. The number of para-hydroxylation sites is 1. The molecule has 1 saturated heterocycles. The topological polar surface area (TPSA) is 72.9 Å². The highest BCUT2D eigenvalue weighted by Crippen LogP contribution is 2.61. The first kappa shape index (κ1) is 24.5. The maximum absolute atomic E-state index is 14.7. The zero-order valence-corrected chi connectivity index (χ0v) is 22.7. The first-order chi connectivity index (χ1) is 19.5. The van der Waals surface area contributed by atoms with Crippen molar-refractivity contribution in [2.75, 3.05) is 19.1 Å². The molecule has 40 heavy (non-hydrogen) atoms. The molecular weight excluding hydrogens is 522 g/mol. The number of hydrogen-bond donors (Lipinski definition) is 0. The zero-order chi connectivity index (χ0) is 27.6. The molecule has 0 N–H and O–H groups in total. The number of benzene rings is 3. The fourth-order valence-electron chi connectivity index (χ4n) is 6.90. The number of thiophene rings is 1. The van der Waals surface area contributed by atoms with E-state index in [0.29, 0.717) is 33.1 Å². The Balaban J connectivity index is 1.56. The Morgan fingerprint density at radius 1 is 0.850 bits per heavy atom. The lowest BCUT2D eigenvalue weighted by atomic mass is 9.64. The monoisotopic (exact) mass is 547 g/mol. The third-order valence-electron chi connectivity index (χ3n) is 8.51. The lowest BCUT2D eigenvalue weighted by molar-refractivity contribution is 0.0666. The highest BCUT2D eigenvalue weighted by molar-refractivity contribution is 7.12. The van der Waals surface area contributed by atoms with Crippen LogP contribution in [0, 0.1) is 5.41 Å². The molecule has 3 aromatic carbocycles. The van der Waals surface area contributed by atoms with Crippen LogP contribution < -0.4 is 14.4 Å². The normalized spacial score (nSPS) is 21.8. The molecule has 0 saturated carbocycles. The maximum Gasteiger partial charge on any atom is 0.195 e. The number of carbonyl (C=O) groups excluding carboxylic acids is 3. The minimum Gasteiger partial charge on any atom is -0.493 e. The van der Waals surface area contributed by atoms with Crippen LogP contribution in [0.2, 0.25) is 0 Å². The molecule has 7 heteroatoms. The summed E-state index contributed by atoms with van der Waals surface area (Å²) in [6.45, 7) is 0. The molecule has 3 heterocycles. The van der Waals surface area contributed by atoms with E-state index in [1.165, 1.54) is 11.3 Å². The van der Waals surface area contributed by atoms with E-state index in [4.69, 9.17) is 9.47 Å². The number of ether oxygens (including phenoxy) is 2. The molecule has 0 bridgehead atoms. The van der Waals surface area contributed by atoms with Gasteiger partial charge in [-0.25, -0.2) is 0 Å². The lowest BCUT2D eigenvalue weighted by Crippen LogP contribution is -2.48. The van der Waals surface area contributed by atoms with Crippen molar-refractivity contribution in [3.05, 3.63) is 117 Å². The molecule has 3 atom stereocenters. The average Bonchev–Trinajstić information content (AvgIpc) is 3.70. The third-order valence-corrected chi connectivity index (χ3v) is 9.40. The highest BCUT2D eigenvalue weighted by Gasteiger charge is 2.71. The van der Waals surface area contributed by atoms with Crippen LogP contribution in [0.3, 0.4) is 0 Å². The Labute approximate surface area is 235 Å². The summed E-state index contributed by atoms with van der Waals surface area (Å²) in [5, 5.41) is 1.87. The summed E-state index contributed by atoms with van der Waals surface area (Å²) < 4.78 is 11.1. The van der Waals surface area contributed by atoms with E-state index in [1.54, 1.807) is 56.7 Å². The third kappa shape index (κ3) is 3.12. The second-order valence-electron chi connectivity index (χ2n) is 10.2. The second-order valence-corrected chi connectivity index (χ2v) is 11.2. The van der Waals surface area contributed by atoms with E-state index in [1.807, 2.05) is 58.8 Å². The smallest absolute Gasteiger partial charge is 0.195 e. The summed E-state index contributed by atoms with van der Waals surface area (Å²) >= 11 is 1.36. The molecule has 6 nitrogen and oxygen atoms in total. The van der Waals surface area contributed by atoms with Crippen molar-refractivity contribution in [3.63, 3.8) is 0 Å². The van der Waals surface area contributed by atoms with Crippen molar-refractivity contribution >= 4 is 40.4 Å². The number of rotatable bonds is 5. The molecule has 4 aromatic rings. The molecule has 0 amide bonds. The van der Waals surface area contributed by atoms with Gasteiger partial charge in [0.15, 0.2) is 28.8 Å². The predicted molar refractivity (Wildman–Crippen MR) is 154 cm³/mol. The molecule has 3 aliphatic rings. The van der Waals surface area contributed by atoms with Gasteiger partial charge in [0.05, 0.1) is 25.1 Å². The number of carbonyl (C=O) groups is 3. The largest absolute Gasteiger partial charge is 0.493 e. The van der Waals surface area contributed by atoms with Crippen LogP contribution in [0.4, 0.5) is 5.69 Å². The Hall–Kier alpha value is -4.49. The van der Waals surface area contributed by atoms with Gasteiger partial charge in [-0.15, -0.1) is 11.3 Å². The van der Waals surface area contributed by atoms with E-state index in [2.05, 4.69) is 0 Å². The fraction of sp³-hybridized carbons (Fsp3) is 0.182. The fourth-order valence-corrected chi connectivity index (χ4v) is 7.60. The van der Waals surface area contributed by atoms with Crippen LogP contribution in [0.1, 0.15) is 47.4 Å². The van der Waals surface area contributed by atoms with Gasteiger partial charge in [0.1, 0.15) is 11.5 Å². The van der Waals surface area contributed by atoms with Crippen molar-refractivity contribution in [2.45, 2.75) is 18.0 Å². The number of Topliss-reactive ketones (excluding diaryl/α,β-unsaturated/α-hetero) is 3. The van der Waals surface area contributed by atoms with Gasteiger partial charge < -0.3 is 14.4 Å². The molecule has 198 valence electrons. The summed E-state index contributed by atoms with van der Waals surface area (Å²) in [4.78, 5) is 46.5. The van der Waals surface area contributed by atoms with Crippen LogP contribution >= 0.6 is 11.3 Å². The van der Waals surface area contributed by atoms with Crippen molar-refractivity contribution < 1.29 is 23.9 Å². The maximum atomic E-state index is 14.7. The quantitative estimate of drug-likeness (QED) is 0.223. The molecule has 2 aliphatic heterocycles. The predicted octanol–water partition coefficient (Wildman–Crippen LogP) is 6.08. The number of anilines is 1. The van der Waals surface area contributed by atoms with Gasteiger partial charge in [-0.1, -0.05) is 66.7 Å². The standard InChI is InChI=1S/C33H25NO5S/c1-38-24-15-13-20(18-25(24)39-2)28-29(30(35)26-12-7-17-40-26)34-23-11-6-3-8-19(23)14-16-27(34)33(28)31(36)21-9-4-5-10-22(21)32(33)37/h3-18,27-29H,1-2H3/t27-,28+,29+/m0/s1. The molecule has 7 rings (SSSR count). The van der Waals surface area contributed by atoms with Crippen molar-refractivity contribution in [2.24, 2.45) is 5.41 Å². The summed E-state index contributed by atoms with van der Waals surface area (Å²) in [7, 11) is 3.10. The number of hydrogen-bond acceptors (Lipinski definition) is 7. The molecule has 1 fully saturated rings. The number of methoxy groups -OCH3 is 2. The summed E-state index contributed by atoms with van der Waals surface area (Å²) in [5.74, 6) is -0.446. The van der Waals surface area contributed by atoms with Gasteiger partial charge >= 0.3 is 0 Å². The van der Waals surface area contributed by atoms with Gasteiger partial charge in [-0.3, -0.25) is 14.4 Å². The average molecular weight is 548 g/mol. The summed E-state index contributed by atoms with van der Waals surface area (Å²) in [6.07, 6.45) is 3.89. The van der Waals surface area contributed by atoms with E-state index in [-0.39, 0.29) is 17.3 Å². The van der Waals surface area contributed by atoms with E-state index >= 15 is 0 Å². The van der Waals surface area contributed by atoms with Crippen LogP contribution in [0.25, 0.3) is 6.08 Å². The van der Waals surface area contributed by atoms with Crippen molar-refractivity contribution in [3.8, 4) is 11.5 Å².